The molecule has 6 heteroatoms. The molecule has 0 spiro atoms. The molecule has 23 heavy (non-hydrogen) atoms. The van der Waals surface area contributed by atoms with Crippen LogP contribution in [0, 0.1) is 18.7 Å². The Morgan fingerprint density at radius 1 is 1.43 bits per heavy atom. The highest BCUT2D eigenvalue weighted by atomic mass is 19.1. The van der Waals surface area contributed by atoms with Crippen LogP contribution in [0.15, 0.2) is 18.2 Å². The van der Waals surface area contributed by atoms with E-state index in [0.29, 0.717) is 0 Å². The highest BCUT2D eigenvalue weighted by Crippen LogP contribution is 2.29. The van der Waals surface area contributed by atoms with Crippen molar-refractivity contribution in [2.45, 2.75) is 25.8 Å². The van der Waals surface area contributed by atoms with Crippen LogP contribution in [-0.4, -0.2) is 49.4 Å². The third-order valence-corrected chi connectivity index (χ3v) is 4.80. The molecule has 0 bridgehead atoms. The van der Waals surface area contributed by atoms with Crippen LogP contribution in [0.3, 0.4) is 0 Å². The Kier molecular flexibility index (Phi) is 4.35. The molecule has 2 amide bonds. The van der Waals surface area contributed by atoms with Gasteiger partial charge in [0.15, 0.2) is 0 Å². The lowest BCUT2D eigenvalue weighted by Gasteiger charge is -2.26. The Balaban J connectivity index is 1.72. The molecule has 0 aromatic heterocycles. The molecule has 2 saturated heterocycles. The molecule has 2 aliphatic rings. The standard InChI is InChI=1S/C17H22FN3O2/c1-11-3-4-15(14(18)7-11)21-10-12(8-16(21)22)17(23)20(2)13-5-6-19-9-13/h3-4,7,12-13,19H,5-6,8-10H2,1-2H3. The second-order valence-corrected chi connectivity index (χ2v) is 6.46. The first kappa shape index (κ1) is 15.9. The first-order chi connectivity index (χ1) is 11.0. The zero-order valence-corrected chi connectivity index (χ0v) is 13.5. The van der Waals surface area contributed by atoms with Gasteiger partial charge in [-0.25, -0.2) is 4.39 Å². The summed E-state index contributed by atoms with van der Waals surface area (Å²) in [6.07, 6.45) is 1.08. The van der Waals surface area contributed by atoms with Gasteiger partial charge in [-0.2, -0.15) is 0 Å². The number of aryl methyl sites for hydroxylation is 1. The number of carbonyl (C=O) groups is 2. The van der Waals surface area contributed by atoms with Gasteiger partial charge in [0.2, 0.25) is 11.8 Å². The number of halogens is 1. The second kappa shape index (κ2) is 6.28. The summed E-state index contributed by atoms with van der Waals surface area (Å²) in [6, 6.07) is 4.98. The van der Waals surface area contributed by atoms with Crippen molar-refractivity contribution in [2.24, 2.45) is 5.92 Å². The molecule has 3 rings (SSSR count). The number of likely N-dealkylation sites (N-methyl/N-ethyl adjacent to an activating group) is 1. The predicted octanol–water partition coefficient (Wildman–Crippen LogP) is 1.31. The molecule has 5 nitrogen and oxygen atoms in total. The first-order valence-corrected chi connectivity index (χ1v) is 8.01. The zero-order chi connectivity index (χ0) is 16.6. The average Bonchev–Trinajstić information content (AvgIpc) is 3.16. The smallest absolute Gasteiger partial charge is 0.228 e. The SMILES string of the molecule is Cc1ccc(N2CC(C(=O)N(C)C3CCNC3)CC2=O)c(F)c1. The molecule has 0 saturated carbocycles. The van der Waals surface area contributed by atoms with Crippen LogP contribution >= 0.6 is 0 Å². The third kappa shape index (κ3) is 3.08. The molecule has 2 heterocycles. The molecule has 2 unspecified atom stereocenters. The number of rotatable bonds is 3. The predicted molar refractivity (Wildman–Crippen MR) is 85.6 cm³/mol. The van der Waals surface area contributed by atoms with Crippen LogP contribution < -0.4 is 10.2 Å². The Labute approximate surface area is 135 Å². The van der Waals surface area contributed by atoms with Crippen molar-refractivity contribution < 1.29 is 14.0 Å². The van der Waals surface area contributed by atoms with Crippen LogP contribution in [0.5, 0.6) is 0 Å². The van der Waals surface area contributed by atoms with Gasteiger partial charge in [-0.3, -0.25) is 9.59 Å². The van der Waals surface area contributed by atoms with Gasteiger partial charge in [0.1, 0.15) is 5.82 Å². The highest BCUT2D eigenvalue weighted by molar-refractivity contribution is 6.00. The number of hydrogen-bond donors (Lipinski definition) is 1. The summed E-state index contributed by atoms with van der Waals surface area (Å²) in [7, 11) is 1.79. The molecule has 0 aliphatic carbocycles. The van der Waals surface area contributed by atoms with Crippen LogP contribution in [0.1, 0.15) is 18.4 Å². The Morgan fingerprint density at radius 2 is 2.22 bits per heavy atom. The monoisotopic (exact) mass is 319 g/mol. The Bertz CT molecular complexity index is 628. The van der Waals surface area contributed by atoms with E-state index in [2.05, 4.69) is 5.32 Å². The van der Waals surface area contributed by atoms with Gasteiger partial charge in [-0.1, -0.05) is 6.07 Å². The van der Waals surface area contributed by atoms with Crippen molar-refractivity contribution in [3.63, 3.8) is 0 Å². The van der Waals surface area contributed by atoms with E-state index >= 15 is 0 Å². The Morgan fingerprint density at radius 3 is 2.87 bits per heavy atom. The molecule has 2 fully saturated rings. The van der Waals surface area contributed by atoms with Crippen molar-refractivity contribution in [1.29, 1.82) is 0 Å². The molecular formula is C17H22FN3O2. The van der Waals surface area contributed by atoms with Crippen LogP contribution in [0.4, 0.5) is 10.1 Å². The maximum Gasteiger partial charge on any atom is 0.228 e. The van der Waals surface area contributed by atoms with Gasteiger partial charge in [-0.15, -0.1) is 0 Å². The quantitative estimate of drug-likeness (QED) is 0.914. The van der Waals surface area contributed by atoms with E-state index in [-0.39, 0.29) is 36.5 Å². The van der Waals surface area contributed by atoms with Gasteiger partial charge >= 0.3 is 0 Å². The topological polar surface area (TPSA) is 52.7 Å². The molecule has 124 valence electrons. The van der Waals surface area contributed by atoms with Crippen molar-refractivity contribution in [1.82, 2.24) is 10.2 Å². The lowest BCUT2D eigenvalue weighted by atomic mass is 10.1. The van der Waals surface area contributed by atoms with Gasteiger partial charge in [-0.05, 0) is 37.6 Å². The van der Waals surface area contributed by atoms with Crippen LogP contribution in [-0.2, 0) is 9.59 Å². The van der Waals surface area contributed by atoms with E-state index in [1.807, 2.05) is 0 Å². The molecule has 2 atom stereocenters. The largest absolute Gasteiger partial charge is 0.341 e. The van der Waals surface area contributed by atoms with E-state index in [9.17, 15) is 14.0 Å². The van der Waals surface area contributed by atoms with E-state index in [1.54, 1.807) is 31.0 Å². The summed E-state index contributed by atoms with van der Waals surface area (Å²) in [4.78, 5) is 28.0. The van der Waals surface area contributed by atoms with E-state index in [1.165, 1.54) is 11.0 Å². The molecule has 1 aromatic rings. The molecule has 0 radical (unpaired) electrons. The van der Waals surface area contributed by atoms with Crippen LogP contribution in [0.2, 0.25) is 0 Å². The minimum atomic E-state index is -0.417. The first-order valence-electron chi connectivity index (χ1n) is 8.01. The maximum absolute atomic E-state index is 14.1. The van der Waals surface area contributed by atoms with Crippen LogP contribution in [0.25, 0.3) is 0 Å². The number of nitrogens with one attached hydrogen (secondary N) is 1. The highest BCUT2D eigenvalue weighted by Gasteiger charge is 2.38. The van der Waals surface area contributed by atoms with Gasteiger partial charge in [0.25, 0.3) is 0 Å². The van der Waals surface area contributed by atoms with E-state index in [0.717, 1.165) is 25.1 Å². The third-order valence-electron chi connectivity index (χ3n) is 4.80. The maximum atomic E-state index is 14.1. The fourth-order valence-corrected chi connectivity index (χ4v) is 3.37. The van der Waals surface area contributed by atoms with Crippen molar-refractivity contribution in [3.05, 3.63) is 29.6 Å². The summed E-state index contributed by atoms with van der Waals surface area (Å²) in [5.74, 6) is -1.03. The molecule has 1 N–H and O–H groups in total. The minimum absolute atomic E-state index is 0.0259. The van der Waals surface area contributed by atoms with Gasteiger partial charge < -0.3 is 15.1 Å². The number of nitrogens with zero attached hydrogens (tertiary/aromatic N) is 2. The number of hydrogen-bond acceptors (Lipinski definition) is 3. The number of carbonyl (C=O) groups excluding carboxylic acids is 2. The van der Waals surface area contributed by atoms with Gasteiger partial charge in [0.05, 0.1) is 11.6 Å². The fraction of sp³-hybridized carbons (Fsp3) is 0.529. The Hall–Kier alpha value is -1.95. The number of benzene rings is 1. The molecule has 1 aromatic carbocycles. The normalized spacial score (nSPS) is 24.3. The number of anilines is 1. The van der Waals surface area contributed by atoms with E-state index in [4.69, 9.17) is 0 Å². The summed E-state index contributed by atoms with van der Waals surface area (Å²) in [6.45, 7) is 3.75. The molecule has 2 aliphatic heterocycles. The van der Waals surface area contributed by atoms with Gasteiger partial charge in [0, 0.05) is 32.6 Å². The van der Waals surface area contributed by atoms with Crippen molar-refractivity contribution in [2.75, 3.05) is 31.6 Å². The summed E-state index contributed by atoms with van der Waals surface area (Å²) < 4.78 is 14.1. The van der Waals surface area contributed by atoms with Crippen molar-refractivity contribution in [3.8, 4) is 0 Å². The average molecular weight is 319 g/mol. The summed E-state index contributed by atoms with van der Waals surface area (Å²) in [5, 5.41) is 3.23. The van der Waals surface area contributed by atoms with Crippen molar-refractivity contribution >= 4 is 17.5 Å². The summed E-state index contributed by atoms with van der Waals surface area (Å²) >= 11 is 0. The fourth-order valence-electron chi connectivity index (χ4n) is 3.37. The van der Waals surface area contributed by atoms with E-state index < -0.39 is 11.7 Å². The minimum Gasteiger partial charge on any atom is -0.341 e. The number of amides is 2. The lowest BCUT2D eigenvalue weighted by Crippen LogP contribution is -2.42. The zero-order valence-electron chi connectivity index (χ0n) is 13.5. The molecular weight excluding hydrogens is 297 g/mol. The second-order valence-electron chi connectivity index (χ2n) is 6.46. The lowest BCUT2D eigenvalue weighted by molar-refractivity contribution is -0.136. The summed E-state index contributed by atoms with van der Waals surface area (Å²) in [5.41, 5.74) is 1.07.